The number of aryl methyl sites for hydroxylation is 1. The summed E-state index contributed by atoms with van der Waals surface area (Å²) in [6.45, 7) is 6.29. The fraction of sp³-hybridized carbons (Fsp3) is 0.538. The van der Waals surface area contributed by atoms with Crippen molar-refractivity contribution in [3.63, 3.8) is 0 Å². The van der Waals surface area contributed by atoms with Gasteiger partial charge >= 0.3 is 5.97 Å². The van der Waals surface area contributed by atoms with Crippen LogP contribution in [0.2, 0.25) is 0 Å². The highest BCUT2D eigenvalue weighted by Crippen LogP contribution is 2.20. The first-order chi connectivity index (χ1) is 9.21. The highest BCUT2D eigenvalue weighted by molar-refractivity contribution is 9.10. The third-order valence-corrected chi connectivity index (χ3v) is 3.87. The topological polar surface area (TPSA) is 78.3 Å². The van der Waals surface area contributed by atoms with Crippen LogP contribution in [0.4, 0.5) is 0 Å². The SMILES string of the molecule is CCOC(=O)C(C)(C)C(=O)Cn1cnc(C)c(Br)c1=O. The second-order valence-corrected chi connectivity index (χ2v) is 5.64. The molecule has 6 nitrogen and oxygen atoms in total. The molecule has 0 aliphatic heterocycles. The van der Waals surface area contributed by atoms with Crippen LogP contribution in [0.5, 0.6) is 0 Å². The largest absolute Gasteiger partial charge is 0.465 e. The van der Waals surface area contributed by atoms with E-state index in [9.17, 15) is 14.4 Å². The molecule has 0 unspecified atom stereocenters. The average Bonchev–Trinajstić information content (AvgIpc) is 2.39. The number of Topliss-reactive ketones (excluding diaryl/α,β-unsaturated/α-hetero) is 1. The lowest BCUT2D eigenvalue weighted by Crippen LogP contribution is -2.39. The zero-order chi connectivity index (χ0) is 15.5. The van der Waals surface area contributed by atoms with Crippen molar-refractivity contribution in [1.82, 2.24) is 9.55 Å². The van der Waals surface area contributed by atoms with E-state index in [0.29, 0.717) is 10.2 Å². The molecule has 1 heterocycles. The van der Waals surface area contributed by atoms with Gasteiger partial charge in [-0.25, -0.2) is 4.98 Å². The number of hydrogen-bond donors (Lipinski definition) is 0. The lowest BCUT2D eigenvalue weighted by molar-refractivity contribution is -0.158. The quantitative estimate of drug-likeness (QED) is 0.597. The van der Waals surface area contributed by atoms with Gasteiger partial charge in [0, 0.05) is 0 Å². The summed E-state index contributed by atoms with van der Waals surface area (Å²) in [5.74, 6) is -1.01. The highest BCUT2D eigenvalue weighted by Gasteiger charge is 2.37. The summed E-state index contributed by atoms with van der Waals surface area (Å²) in [6, 6.07) is 0. The molecular formula is C13H17BrN2O4. The Bertz CT molecular complexity index is 593. The molecule has 1 rings (SSSR count). The number of ketones is 1. The van der Waals surface area contributed by atoms with Gasteiger partial charge in [-0.3, -0.25) is 19.0 Å². The summed E-state index contributed by atoms with van der Waals surface area (Å²) in [7, 11) is 0. The van der Waals surface area contributed by atoms with Crippen LogP contribution in [-0.4, -0.2) is 27.9 Å². The van der Waals surface area contributed by atoms with Crippen molar-refractivity contribution >= 4 is 27.7 Å². The minimum absolute atomic E-state index is 0.202. The van der Waals surface area contributed by atoms with E-state index < -0.39 is 17.2 Å². The van der Waals surface area contributed by atoms with Gasteiger partial charge in [0.2, 0.25) is 0 Å². The van der Waals surface area contributed by atoms with E-state index in [2.05, 4.69) is 20.9 Å². The lowest BCUT2D eigenvalue weighted by atomic mass is 9.88. The van der Waals surface area contributed by atoms with Crippen LogP contribution in [0.1, 0.15) is 26.5 Å². The fourth-order valence-corrected chi connectivity index (χ4v) is 1.77. The molecule has 0 aliphatic carbocycles. The van der Waals surface area contributed by atoms with E-state index in [1.54, 1.807) is 13.8 Å². The van der Waals surface area contributed by atoms with Crippen molar-refractivity contribution in [3.05, 3.63) is 26.8 Å². The second kappa shape index (κ2) is 6.30. The number of nitrogens with zero attached hydrogens (tertiary/aromatic N) is 2. The smallest absolute Gasteiger partial charge is 0.319 e. The van der Waals surface area contributed by atoms with E-state index >= 15 is 0 Å². The van der Waals surface area contributed by atoms with Gasteiger partial charge in [-0.1, -0.05) is 0 Å². The molecular weight excluding hydrogens is 328 g/mol. The van der Waals surface area contributed by atoms with Crippen LogP contribution in [0.3, 0.4) is 0 Å². The fourth-order valence-electron chi connectivity index (χ4n) is 1.44. The zero-order valence-corrected chi connectivity index (χ0v) is 13.5. The highest BCUT2D eigenvalue weighted by atomic mass is 79.9. The number of esters is 1. The molecule has 0 aliphatic rings. The van der Waals surface area contributed by atoms with Gasteiger partial charge in [0.15, 0.2) is 5.78 Å². The Morgan fingerprint density at radius 1 is 1.45 bits per heavy atom. The summed E-state index contributed by atoms with van der Waals surface area (Å²) in [5.41, 5.74) is -1.11. The second-order valence-electron chi connectivity index (χ2n) is 4.85. The molecule has 0 radical (unpaired) electrons. The Kier molecular flexibility index (Phi) is 5.21. The van der Waals surface area contributed by atoms with Gasteiger partial charge in [0.25, 0.3) is 5.56 Å². The molecule has 0 amide bonds. The van der Waals surface area contributed by atoms with E-state index in [1.807, 2.05) is 0 Å². The molecule has 1 aromatic heterocycles. The predicted molar refractivity (Wildman–Crippen MR) is 76.4 cm³/mol. The zero-order valence-electron chi connectivity index (χ0n) is 11.9. The Balaban J connectivity index is 3.00. The first-order valence-corrected chi connectivity index (χ1v) is 6.93. The Labute approximate surface area is 125 Å². The molecule has 0 fully saturated rings. The number of ether oxygens (including phenoxy) is 1. The van der Waals surface area contributed by atoms with Crippen molar-refractivity contribution < 1.29 is 14.3 Å². The number of carbonyl (C=O) groups excluding carboxylic acids is 2. The Hall–Kier alpha value is -1.50. The van der Waals surface area contributed by atoms with Crippen molar-refractivity contribution in [3.8, 4) is 0 Å². The van der Waals surface area contributed by atoms with E-state index in [4.69, 9.17) is 4.74 Å². The third kappa shape index (κ3) is 3.33. The van der Waals surface area contributed by atoms with Crippen molar-refractivity contribution in [1.29, 1.82) is 0 Å². The number of rotatable bonds is 5. The molecule has 7 heteroatoms. The minimum Gasteiger partial charge on any atom is -0.465 e. The Morgan fingerprint density at radius 2 is 2.05 bits per heavy atom. The maximum Gasteiger partial charge on any atom is 0.319 e. The van der Waals surface area contributed by atoms with Gasteiger partial charge in [0.05, 0.1) is 25.2 Å². The Morgan fingerprint density at radius 3 is 2.60 bits per heavy atom. The van der Waals surface area contributed by atoms with E-state index in [0.717, 1.165) is 0 Å². The number of aromatic nitrogens is 2. The summed E-state index contributed by atoms with van der Waals surface area (Å²) in [5, 5.41) is 0. The summed E-state index contributed by atoms with van der Waals surface area (Å²) in [6.07, 6.45) is 1.29. The van der Waals surface area contributed by atoms with Crippen LogP contribution >= 0.6 is 15.9 Å². The molecule has 0 N–H and O–H groups in total. The van der Waals surface area contributed by atoms with Crippen molar-refractivity contribution in [2.75, 3.05) is 6.61 Å². The molecule has 0 bridgehead atoms. The minimum atomic E-state index is -1.30. The maximum atomic E-state index is 12.2. The summed E-state index contributed by atoms with van der Waals surface area (Å²) >= 11 is 3.13. The standard InChI is InChI=1S/C13H17BrN2O4/c1-5-20-12(19)13(3,4)9(17)6-16-7-15-8(2)10(14)11(16)18/h7H,5-6H2,1-4H3. The molecule has 0 saturated heterocycles. The van der Waals surface area contributed by atoms with Crippen LogP contribution in [-0.2, 0) is 20.9 Å². The van der Waals surface area contributed by atoms with Gasteiger partial charge in [-0.2, -0.15) is 0 Å². The van der Waals surface area contributed by atoms with Gasteiger partial charge < -0.3 is 4.74 Å². The number of halogens is 1. The monoisotopic (exact) mass is 344 g/mol. The van der Waals surface area contributed by atoms with Crippen LogP contribution in [0.15, 0.2) is 15.6 Å². The molecule has 110 valence electrons. The normalized spacial score (nSPS) is 11.2. The lowest BCUT2D eigenvalue weighted by Gasteiger charge is -2.21. The van der Waals surface area contributed by atoms with Crippen LogP contribution in [0.25, 0.3) is 0 Å². The number of hydrogen-bond acceptors (Lipinski definition) is 5. The van der Waals surface area contributed by atoms with E-state index in [-0.39, 0.29) is 18.7 Å². The van der Waals surface area contributed by atoms with Crippen molar-refractivity contribution in [2.24, 2.45) is 5.41 Å². The van der Waals surface area contributed by atoms with E-state index in [1.165, 1.54) is 24.7 Å². The molecule has 0 atom stereocenters. The maximum absolute atomic E-state index is 12.2. The van der Waals surface area contributed by atoms with Crippen LogP contribution < -0.4 is 5.56 Å². The summed E-state index contributed by atoms with van der Waals surface area (Å²) in [4.78, 5) is 39.9. The molecule has 0 saturated carbocycles. The first kappa shape index (κ1) is 16.6. The van der Waals surface area contributed by atoms with Gasteiger partial charge in [-0.15, -0.1) is 0 Å². The van der Waals surface area contributed by atoms with Crippen molar-refractivity contribution in [2.45, 2.75) is 34.2 Å². The molecule has 1 aromatic rings. The average molecular weight is 345 g/mol. The van der Waals surface area contributed by atoms with Gasteiger partial charge in [-0.05, 0) is 43.6 Å². The number of carbonyl (C=O) groups is 2. The van der Waals surface area contributed by atoms with Gasteiger partial charge in [0.1, 0.15) is 9.89 Å². The molecule has 20 heavy (non-hydrogen) atoms. The molecule has 0 aromatic carbocycles. The molecule has 0 spiro atoms. The summed E-state index contributed by atoms with van der Waals surface area (Å²) < 4.78 is 6.34. The first-order valence-electron chi connectivity index (χ1n) is 6.13. The third-order valence-electron chi connectivity index (χ3n) is 2.95. The predicted octanol–water partition coefficient (Wildman–Crippen LogP) is 1.47. The van der Waals surface area contributed by atoms with Crippen LogP contribution in [0, 0.1) is 12.3 Å².